The SMILES string of the molecule is CCOC(=O)C(C)(COCCC1CCC1)NC1CC1. The van der Waals surface area contributed by atoms with Crippen LogP contribution in [0.5, 0.6) is 0 Å². The van der Waals surface area contributed by atoms with E-state index in [9.17, 15) is 4.79 Å². The summed E-state index contributed by atoms with van der Waals surface area (Å²) in [5.41, 5.74) is -0.684. The van der Waals surface area contributed by atoms with Crippen molar-refractivity contribution in [3.63, 3.8) is 0 Å². The lowest BCUT2D eigenvalue weighted by Gasteiger charge is -2.29. The Bertz CT molecular complexity index is 300. The van der Waals surface area contributed by atoms with Gasteiger partial charge in [-0.15, -0.1) is 0 Å². The number of hydrogen-bond acceptors (Lipinski definition) is 4. The maximum Gasteiger partial charge on any atom is 0.328 e. The van der Waals surface area contributed by atoms with Gasteiger partial charge in [-0.1, -0.05) is 19.3 Å². The Balaban J connectivity index is 1.73. The summed E-state index contributed by atoms with van der Waals surface area (Å²) in [6.07, 6.45) is 7.49. The predicted octanol–water partition coefficient (Wildman–Crippen LogP) is 2.27. The van der Waals surface area contributed by atoms with E-state index in [1.165, 1.54) is 19.3 Å². The van der Waals surface area contributed by atoms with Gasteiger partial charge in [0.1, 0.15) is 5.54 Å². The maximum atomic E-state index is 12.1. The molecule has 0 amide bonds. The third-order valence-electron chi connectivity index (χ3n) is 4.11. The third kappa shape index (κ3) is 4.46. The van der Waals surface area contributed by atoms with Crippen LogP contribution in [0, 0.1) is 5.92 Å². The highest BCUT2D eigenvalue weighted by molar-refractivity contribution is 5.80. The molecule has 2 saturated carbocycles. The first-order valence-corrected chi connectivity index (χ1v) is 7.66. The molecule has 0 bridgehead atoms. The third-order valence-corrected chi connectivity index (χ3v) is 4.11. The highest BCUT2D eigenvalue weighted by atomic mass is 16.5. The molecule has 0 saturated heterocycles. The minimum atomic E-state index is -0.684. The highest BCUT2D eigenvalue weighted by Gasteiger charge is 2.40. The molecule has 1 N–H and O–H groups in total. The lowest BCUT2D eigenvalue weighted by atomic mass is 9.83. The largest absolute Gasteiger partial charge is 0.465 e. The summed E-state index contributed by atoms with van der Waals surface area (Å²) in [5, 5.41) is 3.37. The van der Waals surface area contributed by atoms with Gasteiger partial charge < -0.3 is 9.47 Å². The Morgan fingerprint density at radius 3 is 2.58 bits per heavy atom. The summed E-state index contributed by atoms with van der Waals surface area (Å²) in [7, 11) is 0. The molecule has 4 heteroatoms. The molecule has 19 heavy (non-hydrogen) atoms. The van der Waals surface area contributed by atoms with Crippen LogP contribution in [-0.4, -0.2) is 37.4 Å². The molecule has 0 aliphatic heterocycles. The van der Waals surface area contributed by atoms with Crippen molar-refractivity contribution in [1.82, 2.24) is 5.32 Å². The van der Waals surface area contributed by atoms with Crippen molar-refractivity contribution in [3.8, 4) is 0 Å². The van der Waals surface area contributed by atoms with E-state index in [4.69, 9.17) is 9.47 Å². The fraction of sp³-hybridized carbons (Fsp3) is 0.933. The van der Waals surface area contributed by atoms with Crippen LogP contribution in [0.25, 0.3) is 0 Å². The second kappa shape index (κ2) is 6.71. The Hall–Kier alpha value is -0.610. The Labute approximate surface area is 116 Å². The molecular weight excluding hydrogens is 242 g/mol. The molecule has 1 unspecified atom stereocenters. The van der Waals surface area contributed by atoms with Gasteiger partial charge in [-0.25, -0.2) is 4.79 Å². The number of hydrogen-bond donors (Lipinski definition) is 1. The van der Waals surface area contributed by atoms with E-state index in [0.717, 1.165) is 31.8 Å². The summed E-state index contributed by atoms with van der Waals surface area (Å²) < 4.78 is 10.9. The van der Waals surface area contributed by atoms with Crippen molar-refractivity contribution in [2.45, 2.75) is 64.0 Å². The van der Waals surface area contributed by atoms with E-state index in [0.29, 0.717) is 19.3 Å². The fourth-order valence-electron chi connectivity index (χ4n) is 2.44. The number of nitrogens with one attached hydrogen (secondary N) is 1. The predicted molar refractivity (Wildman–Crippen MR) is 74.0 cm³/mol. The molecule has 0 spiro atoms. The zero-order valence-corrected chi connectivity index (χ0v) is 12.2. The second-order valence-corrected chi connectivity index (χ2v) is 6.11. The molecule has 0 heterocycles. The van der Waals surface area contributed by atoms with E-state index < -0.39 is 5.54 Å². The quantitative estimate of drug-likeness (QED) is 0.515. The van der Waals surface area contributed by atoms with Crippen molar-refractivity contribution in [1.29, 1.82) is 0 Å². The molecule has 110 valence electrons. The number of rotatable bonds is 9. The van der Waals surface area contributed by atoms with E-state index in [1.807, 2.05) is 13.8 Å². The van der Waals surface area contributed by atoms with Crippen molar-refractivity contribution in [2.75, 3.05) is 19.8 Å². The number of esters is 1. The zero-order chi connectivity index (χ0) is 13.7. The van der Waals surface area contributed by atoms with Crippen LogP contribution < -0.4 is 5.32 Å². The van der Waals surface area contributed by atoms with E-state index in [1.54, 1.807) is 0 Å². The van der Waals surface area contributed by atoms with Crippen molar-refractivity contribution < 1.29 is 14.3 Å². The highest BCUT2D eigenvalue weighted by Crippen LogP contribution is 2.29. The van der Waals surface area contributed by atoms with Gasteiger partial charge in [-0.05, 0) is 39.0 Å². The first kappa shape index (κ1) is 14.8. The second-order valence-electron chi connectivity index (χ2n) is 6.11. The molecule has 1 atom stereocenters. The molecule has 0 radical (unpaired) electrons. The fourth-order valence-corrected chi connectivity index (χ4v) is 2.44. The Kier molecular flexibility index (Phi) is 5.22. The average molecular weight is 269 g/mol. The average Bonchev–Trinajstić information content (AvgIpc) is 3.10. The van der Waals surface area contributed by atoms with Crippen LogP contribution in [0.3, 0.4) is 0 Å². The van der Waals surface area contributed by atoms with Crippen LogP contribution >= 0.6 is 0 Å². The van der Waals surface area contributed by atoms with E-state index in [-0.39, 0.29) is 5.97 Å². The van der Waals surface area contributed by atoms with Crippen molar-refractivity contribution in [2.24, 2.45) is 5.92 Å². The lowest BCUT2D eigenvalue weighted by Crippen LogP contribution is -2.55. The van der Waals surface area contributed by atoms with Gasteiger partial charge in [0.25, 0.3) is 0 Å². The molecular formula is C15H27NO3. The van der Waals surface area contributed by atoms with Crippen LogP contribution in [0.15, 0.2) is 0 Å². The first-order valence-electron chi connectivity index (χ1n) is 7.66. The van der Waals surface area contributed by atoms with Crippen LogP contribution in [-0.2, 0) is 14.3 Å². The van der Waals surface area contributed by atoms with Gasteiger partial charge in [-0.2, -0.15) is 0 Å². The Morgan fingerprint density at radius 1 is 1.32 bits per heavy atom. The zero-order valence-electron chi connectivity index (χ0n) is 12.2. The van der Waals surface area contributed by atoms with E-state index >= 15 is 0 Å². The van der Waals surface area contributed by atoms with E-state index in [2.05, 4.69) is 5.32 Å². The molecule has 2 fully saturated rings. The van der Waals surface area contributed by atoms with Gasteiger partial charge in [-0.3, -0.25) is 5.32 Å². The molecule has 2 aliphatic rings. The van der Waals surface area contributed by atoms with Gasteiger partial charge >= 0.3 is 5.97 Å². The number of carbonyl (C=O) groups excluding carboxylic acids is 1. The summed E-state index contributed by atoms with van der Waals surface area (Å²) >= 11 is 0. The van der Waals surface area contributed by atoms with Crippen molar-refractivity contribution in [3.05, 3.63) is 0 Å². The van der Waals surface area contributed by atoms with Gasteiger partial charge in [0.05, 0.1) is 13.2 Å². The molecule has 0 aromatic heterocycles. The maximum absolute atomic E-state index is 12.1. The monoisotopic (exact) mass is 269 g/mol. The van der Waals surface area contributed by atoms with Gasteiger partial charge in [0.2, 0.25) is 0 Å². The topological polar surface area (TPSA) is 47.6 Å². The minimum Gasteiger partial charge on any atom is -0.465 e. The number of carbonyl (C=O) groups is 1. The van der Waals surface area contributed by atoms with Crippen LogP contribution in [0.1, 0.15) is 52.4 Å². The van der Waals surface area contributed by atoms with Crippen molar-refractivity contribution >= 4 is 5.97 Å². The van der Waals surface area contributed by atoms with Gasteiger partial charge in [0, 0.05) is 12.6 Å². The summed E-state index contributed by atoms with van der Waals surface area (Å²) in [6.45, 7) is 5.32. The molecule has 4 nitrogen and oxygen atoms in total. The molecule has 2 rings (SSSR count). The lowest BCUT2D eigenvalue weighted by molar-refractivity contribution is -0.153. The molecule has 2 aliphatic carbocycles. The number of ether oxygens (including phenoxy) is 2. The summed E-state index contributed by atoms with van der Waals surface area (Å²) in [6, 6.07) is 0.463. The van der Waals surface area contributed by atoms with Crippen LogP contribution in [0.4, 0.5) is 0 Å². The smallest absolute Gasteiger partial charge is 0.328 e. The standard InChI is InChI=1S/C15H27NO3/c1-3-19-14(17)15(2,16-13-7-8-13)11-18-10-9-12-5-4-6-12/h12-13,16H,3-11H2,1-2H3. The summed E-state index contributed by atoms with van der Waals surface area (Å²) in [4.78, 5) is 12.1. The van der Waals surface area contributed by atoms with Crippen LogP contribution in [0.2, 0.25) is 0 Å². The first-order chi connectivity index (χ1) is 9.14. The summed E-state index contributed by atoms with van der Waals surface area (Å²) in [5.74, 6) is 0.663. The Morgan fingerprint density at radius 2 is 2.05 bits per heavy atom. The molecule has 0 aromatic rings. The van der Waals surface area contributed by atoms with Gasteiger partial charge in [0.15, 0.2) is 0 Å². The molecule has 0 aromatic carbocycles. The normalized spacial score (nSPS) is 22.6. The minimum absolute atomic E-state index is 0.189.